The van der Waals surface area contributed by atoms with E-state index in [1.165, 1.54) is 18.3 Å². The minimum absolute atomic E-state index is 0.0218. The number of hydrogen-bond acceptors (Lipinski definition) is 3. The molecule has 0 bridgehead atoms. The number of alkyl halides is 3. The van der Waals surface area contributed by atoms with Crippen LogP contribution in [0, 0.1) is 0 Å². The fraction of sp³-hybridized carbons (Fsp3) is 0.188. The van der Waals surface area contributed by atoms with E-state index in [1.807, 2.05) is 0 Å². The first kappa shape index (κ1) is 17.2. The van der Waals surface area contributed by atoms with Gasteiger partial charge in [0.2, 0.25) is 0 Å². The second kappa shape index (κ2) is 6.03. The second-order valence-corrected chi connectivity index (χ2v) is 5.67. The van der Waals surface area contributed by atoms with Crippen LogP contribution in [0.3, 0.4) is 0 Å². The van der Waals surface area contributed by atoms with Crippen molar-refractivity contribution in [2.75, 3.05) is 0 Å². The number of benzene rings is 1. The van der Waals surface area contributed by atoms with E-state index < -0.39 is 27.9 Å². The third-order valence-electron chi connectivity index (χ3n) is 3.72. The molecule has 1 aromatic carbocycles. The van der Waals surface area contributed by atoms with Crippen molar-refractivity contribution < 1.29 is 13.2 Å². The number of H-pyrrole nitrogens is 1. The number of aromatic amines is 1. The first-order chi connectivity index (χ1) is 11.7. The van der Waals surface area contributed by atoms with Crippen LogP contribution in [-0.2, 0) is 12.6 Å². The Labute approximate surface area is 143 Å². The summed E-state index contributed by atoms with van der Waals surface area (Å²) in [7, 11) is 0. The molecule has 1 N–H and O–H groups in total. The highest BCUT2D eigenvalue weighted by Gasteiger charge is 2.34. The van der Waals surface area contributed by atoms with Crippen LogP contribution in [0.5, 0.6) is 0 Å². The summed E-state index contributed by atoms with van der Waals surface area (Å²) >= 11 is 5.70. The molecule has 3 rings (SSSR count). The molecule has 0 amide bonds. The molecule has 3 aromatic rings. The van der Waals surface area contributed by atoms with Gasteiger partial charge in [0.15, 0.2) is 0 Å². The number of fused-ring (bicyclic) bond motifs is 1. The fourth-order valence-electron chi connectivity index (χ4n) is 2.60. The molecule has 9 heteroatoms. The highest BCUT2D eigenvalue weighted by atomic mass is 35.5. The van der Waals surface area contributed by atoms with Crippen LogP contribution >= 0.6 is 11.6 Å². The Hall–Kier alpha value is -2.61. The molecule has 0 saturated heterocycles. The minimum Gasteiger partial charge on any atom is -0.316 e. The lowest BCUT2D eigenvalue weighted by Gasteiger charge is -2.15. The molecule has 0 aliphatic rings. The Bertz CT molecular complexity index is 1090. The third-order valence-corrected chi connectivity index (χ3v) is 4.03. The number of rotatable bonds is 2. The van der Waals surface area contributed by atoms with Crippen LogP contribution in [-0.4, -0.2) is 14.5 Å². The molecule has 0 spiro atoms. The first-order valence-corrected chi connectivity index (χ1v) is 7.62. The zero-order valence-electron chi connectivity index (χ0n) is 12.8. The van der Waals surface area contributed by atoms with Gasteiger partial charge in [0.05, 0.1) is 33.0 Å². The maximum Gasteiger partial charge on any atom is 0.417 e. The van der Waals surface area contributed by atoms with Crippen molar-refractivity contribution in [2.24, 2.45) is 0 Å². The predicted molar refractivity (Wildman–Crippen MR) is 87.4 cm³/mol. The molecule has 0 atom stereocenters. The number of hydrogen-bond donors (Lipinski definition) is 1. The van der Waals surface area contributed by atoms with E-state index in [2.05, 4.69) is 9.97 Å². The highest BCUT2D eigenvalue weighted by molar-refractivity contribution is 6.32. The minimum atomic E-state index is -4.70. The summed E-state index contributed by atoms with van der Waals surface area (Å²) in [6, 6.07) is 4.79. The molecule has 0 aliphatic carbocycles. The lowest BCUT2D eigenvalue weighted by Crippen LogP contribution is -2.36. The predicted octanol–water partition coefficient (Wildman–Crippen LogP) is 3.31. The zero-order chi connectivity index (χ0) is 18.4. The molecule has 5 nitrogen and oxygen atoms in total. The van der Waals surface area contributed by atoms with Gasteiger partial charge in [0.1, 0.15) is 0 Å². The molecule has 0 unspecified atom stereocenters. The molecule has 0 fully saturated rings. The summed E-state index contributed by atoms with van der Waals surface area (Å²) in [5.74, 6) is 0. The van der Waals surface area contributed by atoms with Crippen LogP contribution in [0.1, 0.15) is 18.2 Å². The van der Waals surface area contributed by atoms with E-state index in [9.17, 15) is 22.8 Å². The molecule has 0 radical (unpaired) electrons. The van der Waals surface area contributed by atoms with Crippen LogP contribution < -0.4 is 11.1 Å². The van der Waals surface area contributed by atoms with Gasteiger partial charge in [-0.3, -0.25) is 19.1 Å². The average molecular weight is 370 g/mol. The Kier molecular flexibility index (Phi) is 4.16. The standard InChI is InChI=1S/C16H11ClF3N3O2/c1-2-10-12(4-3-5-21-10)23-13-6-8(16(18,19)20)9(17)7-11(13)22-14(24)15(23)25/h3-7H,2H2,1H3,(H,22,24). The third kappa shape index (κ3) is 2.93. The van der Waals surface area contributed by atoms with Crippen LogP contribution in [0.15, 0.2) is 40.1 Å². The van der Waals surface area contributed by atoms with Crippen LogP contribution in [0.2, 0.25) is 5.02 Å². The second-order valence-electron chi connectivity index (χ2n) is 5.26. The van der Waals surface area contributed by atoms with Crippen molar-refractivity contribution >= 4 is 22.6 Å². The molecule has 0 saturated carbocycles. The van der Waals surface area contributed by atoms with Gasteiger partial charge in [0, 0.05) is 6.20 Å². The topological polar surface area (TPSA) is 67.8 Å². The summed E-state index contributed by atoms with van der Waals surface area (Å²) in [5, 5.41) is -0.567. The van der Waals surface area contributed by atoms with Crippen molar-refractivity contribution in [2.45, 2.75) is 19.5 Å². The molecule has 130 valence electrons. The molecular weight excluding hydrogens is 359 g/mol. The number of nitrogens with one attached hydrogen (secondary N) is 1. The summed E-state index contributed by atoms with van der Waals surface area (Å²) in [6.45, 7) is 1.78. The van der Waals surface area contributed by atoms with Gasteiger partial charge >= 0.3 is 17.3 Å². The lowest BCUT2D eigenvalue weighted by molar-refractivity contribution is -0.137. The number of halogens is 4. The normalized spacial score (nSPS) is 11.9. The summed E-state index contributed by atoms with van der Waals surface area (Å²) < 4.78 is 40.5. The van der Waals surface area contributed by atoms with Crippen LogP contribution in [0.4, 0.5) is 13.2 Å². The summed E-state index contributed by atoms with van der Waals surface area (Å²) in [5.41, 5.74) is -2.41. The summed E-state index contributed by atoms with van der Waals surface area (Å²) in [6.07, 6.45) is -2.78. The SMILES string of the molecule is CCc1ncccc1-n1c(=O)c(=O)[nH]c2cc(Cl)c(C(F)(F)F)cc21. The van der Waals surface area contributed by atoms with Gasteiger partial charge in [0.25, 0.3) is 0 Å². The van der Waals surface area contributed by atoms with E-state index in [4.69, 9.17) is 11.6 Å². The lowest BCUT2D eigenvalue weighted by atomic mass is 10.1. The molecule has 2 aromatic heterocycles. The quantitative estimate of drug-likeness (QED) is 0.705. The molecule has 25 heavy (non-hydrogen) atoms. The van der Waals surface area contributed by atoms with Gasteiger partial charge in [-0.05, 0) is 30.7 Å². The molecular formula is C16H11ClF3N3O2. The monoisotopic (exact) mass is 369 g/mol. The Morgan fingerprint density at radius 1 is 1.28 bits per heavy atom. The van der Waals surface area contributed by atoms with Gasteiger partial charge in [-0.25, -0.2) is 0 Å². The number of aryl methyl sites for hydroxylation is 1. The number of nitrogens with zero attached hydrogens (tertiary/aromatic N) is 2. The fourth-order valence-corrected chi connectivity index (χ4v) is 2.87. The largest absolute Gasteiger partial charge is 0.417 e. The smallest absolute Gasteiger partial charge is 0.316 e. The van der Waals surface area contributed by atoms with Crippen molar-refractivity contribution in [3.8, 4) is 5.69 Å². The molecule has 0 aliphatic heterocycles. The van der Waals surface area contributed by atoms with E-state index in [-0.39, 0.29) is 16.7 Å². The number of pyridine rings is 1. The van der Waals surface area contributed by atoms with Gasteiger partial charge in [-0.2, -0.15) is 13.2 Å². The number of aromatic nitrogens is 3. The van der Waals surface area contributed by atoms with E-state index in [0.29, 0.717) is 12.1 Å². The van der Waals surface area contributed by atoms with E-state index >= 15 is 0 Å². The highest BCUT2D eigenvalue weighted by Crippen LogP contribution is 2.36. The Balaban J connectivity index is 2.51. The zero-order valence-corrected chi connectivity index (χ0v) is 13.6. The van der Waals surface area contributed by atoms with Gasteiger partial charge in [-0.1, -0.05) is 18.5 Å². The van der Waals surface area contributed by atoms with Gasteiger partial charge < -0.3 is 4.98 Å². The van der Waals surface area contributed by atoms with Gasteiger partial charge in [-0.15, -0.1) is 0 Å². The molecule has 2 heterocycles. The Morgan fingerprint density at radius 2 is 2.00 bits per heavy atom. The van der Waals surface area contributed by atoms with Crippen LogP contribution in [0.25, 0.3) is 16.7 Å². The maximum absolute atomic E-state index is 13.2. The summed E-state index contributed by atoms with van der Waals surface area (Å²) in [4.78, 5) is 30.7. The first-order valence-electron chi connectivity index (χ1n) is 7.24. The van der Waals surface area contributed by atoms with Crippen molar-refractivity contribution in [1.29, 1.82) is 0 Å². The van der Waals surface area contributed by atoms with Crippen molar-refractivity contribution in [1.82, 2.24) is 14.5 Å². The van der Waals surface area contributed by atoms with Crippen molar-refractivity contribution in [3.05, 3.63) is 67.4 Å². The maximum atomic E-state index is 13.2. The average Bonchev–Trinajstić information content (AvgIpc) is 2.55. The van der Waals surface area contributed by atoms with E-state index in [1.54, 1.807) is 6.92 Å². The van der Waals surface area contributed by atoms with E-state index in [0.717, 1.165) is 16.7 Å². The van der Waals surface area contributed by atoms with Crippen molar-refractivity contribution in [3.63, 3.8) is 0 Å². The Morgan fingerprint density at radius 3 is 2.64 bits per heavy atom.